The van der Waals surface area contributed by atoms with Gasteiger partial charge in [0, 0.05) is 4.90 Å². The molecule has 2 unspecified atom stereocenters. The van der Waals surface area contributed by atoms with Gasteiger partial charge in [-0.25, -0.2) is 0 Å². The Kier molecular flexibility index (Phi) is 7.23. The van der Waals surface area contributed by atoms with Gasteiger partial charge < -0.3 is 9.47 Å². The molecule has 156 valence electrons. The van der Waals surface area contributed by atoms with Crippen LogP contribution in [0.15, 0.2) is 41.3 Å². The Morgan fingerprint density at radius 1 is 1.10 bits per heavy atom. The highest BCUT2D eigenvalue weighted by Gasteiger charge is 2.30. The monoisotopic (exact) mass is 414 g/mol. The SMILES string of the molecule is CCC(C)C(=O)OC1CCC(C(=O)OC(C)c2ccc3c(S)cccc3c2)CC1. The number of fused-ring (bicyclic) bond motifs is 1. The van der Waals surface area contributed by atoms with Crippen LogP contribution >= 0.6 is 12.6 Å². The number of benzene rings is 2. The molecule has 2 aromatic rings. The molecule has 0 radical (unpaired) electrons. The van der Waals surface area contributed by atoms with E-state index in [0.29, 0.717) is 12.8 Å². The van der Waals surface area contributed by atoms with Crippen molar-refractivity contribution >= 4 is 35.3 Å². The number of ether oxygens (including phenoxy) is 2. The van der Waals surface area contributed by atoms with E-state index in [-0.39, 0.29) is 36.0 Å². The van der Waals surface area contributed by atoms with E-state index in [1.807, 2.05) is 51.1 Å². The van der Waals surface area contributed by atoms with E-state index in [1.54, 1.807) is 0 Å². The van der Waals surface area contributed by atoms with Crippen molar-refractivity contribution < 1.29 is 19.1 Å². The summed E-state index contributed by atoms with van der Waals surface area (Å²) in [4.78, 5) is 25.5. The van der Waals surface area contributed by atoms with E-state index in [1.165, 1.54) is 0 Å². The van der Waals surface area contributed by atoms with Gasteiger partial charge in [0.25, 0.3) is 0 Å². The van der Waals surface area contributed by atoms with Crippen molar-refractivity contribution in [2.45, 2.75) is 70.0 Å². The van der Waals surface area contributed by atoms with Crippen LogP contribution in [-0.4, -0.2) is 18.0 Å². The van der Waals surface area contributed by atoms with E-state index in [9.17, 15) is 9.59 Å². The van der Waals surface area contributed by atoms with Crippen molar-refractivity contribution in [1.82, 2.24) is 0 Å². The molecule has 0 bridgehead atoms. The average molecular weight is 415 g/mol. The molecule has 2 atom stereocenters. The van der Waals surface area contributed by atoms with E-state index in [4.69, 9.17) is 9.47 Å². The van der Waals surface area contributed by atoms with Crippen molar-refractivity contribution in [2.75, 3.05) is 0 Å². The number of carbonyl (C=O) groups excluding carboxylic acids is 2. The topological polar surface area (TPSA) is 52.6 Å². The molecule has 2 aromatic carbocycles. The lowest BCUT2D eigenvalue weighted by Crippen LogP contribution is -2.30. The van der Waals surface area contributed by atoms with Gasteiger partial charge in [-0.3, -0.25) is 9.59 Å². The summed E-state index contributed by atoms with van der Waals surface area (Å²) in [5, 5.41) is 2.17. The predicted octanol–water partition coefficient (Wildman–Crippen LogP) is 5.88. The lowest BCUT2D eigenvalue weighted by atomic mass is 9.87. The molecule has 3 rings (SSSR count). The van der Waals surface area contributed by atoms with Crippen LogP contribution in [0.1, 0.15) is 64.5 Å². The molecule has 4 nitrogen and oxygen atoms in total. The molecule has 29 heavy (non-hydrogen) atoms. The summed E-state index contributed by atoms with van der Waals surface area (Å²) >= 11 is 4.49. The largest absolute Gasteiger partial charge is 0.462 e. The first-order chi connectivity index (χ1) is 13.9. The summed E-state index contributed by atoms with van der Waals surface area (Å²) in [7, 11) is 0. The van der Waals surface area contributed by atoms with Gasteiger partial charge in [0.05, 0.1) is 11.8 Å². The molecule has 1 aliphatic carbocycles. The predicted molar refractivity (Wildman–Crippen MR) is 117 cm³/mol. The standard InChI is InChI=1S/C24H30O4S/c1-4-15(2)23(25)28-20-11-8-17(9-12-20)24(26)27-16(3)18-10-13-21-19(14-18)6-5-7-22(21)29/h5-7,10,13-17,20,29H,4,8-9,11-12H2,1-3H3. The van der Waals surface area contributed by atoms with E-state index in [0.717, 1.165) is 40.5 Å². The van der Waals surface area contributed by atoms with Gasteiger partial charge in [0.15, 0.2) is 0 Å². The molecular weight excluding hydrogens is 384 g/mol. The molecule has 0 heterocycles. The average Bonchev–Trinajstić information content (AvgIpc) is 2.73. The third-order valence-corrected chi connectivity index (χ3v) is 6.34. The van der Waals surface area contributed by atoms with Gasteiger partial charge >= 0.3 is 11.9 Å². The van der Waals surface area contributed by atoms with Gasteiger partial charge in [-0.2, -0.15) is 0 Å². The highest BCUT2D eigenvalue weighted by Crippen LogP contribution is 2.31. The zero-order valence-electron chi connectivity index (χ0n) is 17.4. The van der Waals surface area contributed by atoms with Crippen LogP contribution in [-0.2, 0) is 19.1 Å². The van der Waals surface area contributed by atoms with Crippen molar-refractivity contribution in [2.24, 2.45) is 11.8 Å². The second-order valence-corrected chi connectivity index (χ2v) is 8.54. The highest BCUT2D eigenvalue weighted by molar-refractivity contribution is 7.80. The summed E-state index contributed by atoms with van der Waals surface area (Å²) in [6.45, 7) is 5.77. The minimum atomic E-state index is -0.309. The molecule has 0 spiro atoms. The van der Waals surface area contributed by atoms with Crippen molar-refractivity contribution in [1.29, 1.82) is 0 Å². The number of carbonyl (C=O) groups is 2. The maximum Gasteiger partial charge on any atom is 0.309 e. The normalized spacial score (nSPS) is 21.4. The Morgan fingerprint density at radius 3 is 2.52 bits per heavy atom. The molecular formula is C24H30O4S. The molecule has 5 heteroatoms. The van der Waals surface area contributed by atoms with Gasteiger partial charge in [0.1, 0.15) is 12.2 Å². The fourth-order valence-corrected chi connectivity index (χ4v) is 4.03. The third kappa shape index (κ3) is 5.33. The highest BCUT2D eigenvalue weighted by atomic mass is 32.1. The lowest BCUT2D eigenvalue weighted by molar-refractivity contribution is -0.159. The van der Waals surface area contributed by atoms with E-state index < -0.39 is 0 Å². The first-order valence-corrected chi connectivity index (χ1v) is 11.0. The summed E-state index contributed by atoms with van der Waals surface area (Å²) in [6.07, 6.45) is 3.23. The molecule has 1 aliphatic rings. The molecule has 0 aliphatic heterocycles. The smallest absolute Gasteiger partial charge is 0.309 e. The minimum absolute atomic E-state index is 0.0703. The lowest BCUT2D eigenvalue weighted by Gasteiger charge is -2.28. The molecule has 0 aromatic heterocycles. The van der Waals surface area contributed by atoms with Crippen LogP contribution in [0.25, 0.3) is 10.8 Å². The number of thiol groups is 1. The maximum absolute atomic E-state index is 12.6. The van der Waals surface area contributed by atoms with Gasteiger partial charge in [0.2, 0.25) is 0 Å². The molecule has 0 amide bonds. The van der Waals surface area contributed by atoms with Crippen LogP contribution in [0.5, 0.6) is 0 Å². The summed E-state index contributed by atoms with van der Waals surface area (Å²) in [6, 6.07) is 12.0. The van der Waals surface area contributed by atoms with Gasteiger partial charge in [-0.05, 0) is 67.5 Å². The number of rotatable bonds is 6. The second kappa shape index (κ2) is 9.66. The molecule has 1 fully saturated rings. The minimum Gasteiger partial charge on any atom is -0.462 e. The summed E-state index contributed by atoms with van der Waals surface area (Å²) in [5.74, 6) is -0.486. The number of hydrogen-bond donors (Lipinski definition) is 1. The molecule has 0 saturated heterocycles. The third-order valence-electron chi connectivity index (χ3n) is 5.95. The van der Waals surface area contributed by atoms with Crippen molar-refractivity contribution in [3.05, 3.63) is 42.0 Å². The van der Waals surface area contributed by atoms with Gasteiger partial charge in [-0.1, -0.05) is 38.1 Å². The fraction of sp³-hybridized carbons (Fsp3) is 0.500. The first kappa shape index (κ1) is 21.7. The Balaban J connectivity index is 1.54. The molecule has 1 saturated carbocycles. The van der Waals surface area contributed by atoms with Gasteiger partial charge in [-0.15, -0.1) is 12.6 Å². The van der Waals surface area contributed by atoms with E-state index in [2.05, 4.69) is 18.7 Å². The van der Waals surface area contributed by atoms with Crippen molar-refractivity contribution in [3.63, 3.8) is 0 Å². The van der Waals surface area contributed by atoms with Crippen LogP contribution in [0.2, 0.25) is 0 Å². The fourth-order valence-electron chi connectivity index (χ4n) is 3.74. The Hall–Kier alpha value is -2.01. The Morgan fingerprint density at radius 2 is 1.83 bits per heavy atom. The first-order valence-electron chi connectivity index (χ1n) is 10.5. The zero-order chi connectivity index (χ0) is 21.0. The van der Waals surface area contributed by atoms with Crippen LogP contribution < -0.4 is 0 Å². The second-order valence-electron chi connectivity index (χ2n) is 8.06. The zero-order valence-corrected chi connectivity index (χ0v) is 18.3. The Labute approximate surface area is 178 Å². The van der Waals surface area contributed by atoms with Crippen LogP contribution in [0.3, 0.4) is 0 Å². The molecule has 0 N–H and O–H groups in total. The number of esters is 2. The van der Waals surface area contributed by atoms with Crippen molar-refractivity contribution in [3.8, 4) is 0 Å². The Bertz CT molecular complexity index is 870. The van der Waals surface area contributed by atoms with E-state index >= 15 is 0 Å². The summed E-state index contributed by atoms with van der Waals surface area (Å²) in [5.41, 5.74) is 0.973. The maximum atomic E-state index is 12.6. The number of hydrogen-bond acceptors (Lipinski definition) is 5. The van der Waals surface area contributed by atoms with Crippen LogP contribution in [0, 0.1) is 11.8 Å². The summed E-state index contributed by atoms with van der Waals surface area (Å²) < 4.78 is 11.3. The van der Waals surface area contributed by atoms with Crippen LogP contribution in [0.4, 0.5) is 0 Å². The quantitative estimate of drug-likeness (QED) is 0.474.